The average molecular weight is 290 g/mol. The third-order valence-electron chi connectivity index (χ3n) is 2.63. The Hall–Kier alpha value is -1.84. The van der Waals surface area contributed by atoms with Gasteiger partial charge in [-0.05, 0) is 32.4 Å². The van der Waals surface area contributed by atoms with Gasteiger partial charge in [0.25, 0.3) is 0 Å². The van der Waals surface area contributed by atoms with E-state index in [0.717, 1.165) is 5.75 Å². The highest BCUT2D eigenvalue weighted by Gasteiger charge is 1.90. The van der Waals surface area contributed by atoms with Crippen molar-refractivity contribution in [2.24, 2.45) is 0 Å². The topological polar surface area (TPSA) is 49.7 Å². The van der Waals surface area contributed by atoms with Crippen molar-refractivity contribution in [3.8, 4) is 5.75 Å². The Morgan fingerprint density at radius 3 is 1.48 bits per heavy atom. The molecule has 3 heteroatoms. The second-order valence-electron chi connectivity index (χ2n) is 4.57. The van der Waals surface area contributed by atoms with E-state index in [2.05, 4.69) is 38.1 Å². The number of rotatable bonds is 2. The number of para-hydroxylation sites is 1. The van der Waals surface area contributed by atoms with Crippen molar-refractivity contribution >= 4 is 0 Å². The molecule has 0 aliphatic heterocycles. The minimum Gasteiger partial charge on any atom is -0.496 e. The summed E-state index contributed by atoms with van der Waals surface area (Å²) >= 11 is 0. The molecule has 0 saturated heterocycles. The Balaban J connectivity index is 0.000000308. The first-order valence-corrected chi connectivity index (χ1v) is 6.89. The maximum absolute atomic E-state index is 7.62. The average Bonchev–Trinajstić information content (AvgIpc) is 2.51. The maximum atomic E-state index is 7.62. The van der Waals surface area contributed by atoms with Gasteiger partial charge in [-0.1, -0.05) is 53.6 Å². The molecule has 0 heterocycles. The summed E-state index contributed by atoms with van der Waals surface area (Å²) in [5.74, 6) is 0.956. The number of aliphatic hydroxyl groups excluding tert-OH is 2. The number of benzene rings is 2. The fraction of sp³-hybridized carbons (Fsp3) is 0.333. The van der Waals surface area contributed by atoms with Crippen molar-refractivity contribution in [3.05, 3.63) is 65.2 Å². The number of hydrogen-bond acceptors (Lipinski definition) is 3. The van der Waals surface area contributed by atoms with Gasteiger partial charge in [0.1, 0.15) is 5.75 Å². The second kappa shape index (κ2) is 11.9. The molecule has 2 aromatic rings. The van der Waals surface area contributed by atoms with Crippen LogP contribution in [0.15, 0.2) is 48.5 Å². The lowest BCUT2D eigenvalue weighted by atomic mass is 10.2. The molecule has 21 heavy (non-hydrogen) atoms. The molecule has 2 aromatic carbocycles. The van der Waals surface area contributed by atoms with Crippen LogP contribution in [0.4, 0.5) is 0 Å². The van der Waals surface area contributed by atoms with E-state index in [1.165, 1.54) is 16.7 Å². The highest BCUT2D eigenvalue weighted by atomic mass is 16.5. The molecule has 3 nitrogen and oxygen atoms in total. The summed E-state index contributed by atoms with van der Waals surface area (Å²) < 4.78 is 5.04. The summed E-state index contributed by atoms with van der Waals surface area (Å²) in [6.45, 7) is 5.97. The van der Waals surface area contributed by atoms with Crippen molar-refractivity contribution in [3.63, 3.8) is 0 Å². The van der Waals surface area contributed by atoms with E-state index >= 15 is 0 Å². The number of hydrogen-bond donors (Lipinski definition) is 2. The lowest BCUT2D eigenvalue weighted by Crippen LogP contribution is -1.85. The zero-order valence-corrected chi connectivity index (χ0v) is 13.3. The Bertz CT molecular complexity index is 455. The summed E-state index contributed by atoms with van der Waals surface area (Å²) in [5.41, 5.74) is 3.84. The van der Waals surface area contributed by atoms with Gasteiger partial charge in [-0.15, -0.1) is 0 Å². The number of methoxy groups -OCH3 is 1. The van der Waals surface area contributed by atoms with E-state index in [-0.39, 0.29) is 13.2 Å². The molecule has 0 saturated carbocycles. The predicted octanol–water partition coefficient (Wildman–Crippen LogP) is 3.28. The Labute approximate surface area is 127 Å². The molecule has 0 atom stereocenters. The molecule has 0 fully saturated rings. The quantitative estimate of drug-likeness (QED) is 0.892. The minimum absolute atomic E-state index is 0.125. The summed E-state index contributed by atoms with van der Waals surface area (Å²) in [5, 5.41) is 15.2. The molecule has 116 valence electrons. The summed E-state index contributed by atoms with van der Waals surface area (Å²) in [6.07, 6.45) is 0. The van der Waals surface area contributed by atoms with Crippen LogP contribution in [0.2, 0.25) is 0 Å². The fourth-order valence-corrected chi connectivity index (χ4v) is 1.42. The summed E-state index contributed by atoms with van der Waals surface area (Å²) in [4.78, 5) is 0. The highest BCUT2D eigenvalue weighted by Crippen LogP contribution is 2.14. The van der Waals surface area contributed by atoms with Gasteiger partial charge in [-0.25, -0.2) is 0 Å². The van der Waals surface area contributed by atoms with Gasteiger partial charge in [0.05, 0.1) is 20.3 Å². The smallest absolute Gasteiger partial charge is 0.121 e. The van der Waals surface area contributed by atoms with Crippen LogP contribution in [-0.4, -0.2) is 30.5 Å². The number of aryl methyl sites for hydroxylation is 3. The molecule has 0 radical (unpaired) electrons. The SMILES string of the molecule is COc1ccccc1C.Cc1ccc(C)cc1.OCCO. The molecule has 0 unspecified atom stereocenters. The van der Waals surface area contributed by atoms with Gasteiger partial charge in [0, 0.05) is 0 Å². The van der Waals surface area contributed by atoms with Gasteiger partial charge in [0.2, 0.25) is 0 Å². The maximum Gasteiger partial charge on any atom is 0.121 e. The minimum atomic E-state index is -0.125. The van der Waals surface area contributed by atoms with Gasteiger partial charge in [0.15, 0.2) is 0 Å². The lowest BCUT2D eigenvalue weighted by molar-refractivity contribution is 0.186. The van der Waals surface area contributed by atoms with Crippen molar-refractivity contribution in [2.45, 2.75) is 20.8 Å². The molecule has 0 aliphatic rings. The molecular formula is C18H26O3. The van der Waals surface area contributed by atoms with E-state index in [9.17, 15) is 0 Å². The van der Waals surface area contributed by atoms with Gasteiger partial charge >= 0.3 is 0 Å². The monoisotopic (exact) mass is 290 g/mol. The zero-order valence-electron chi connectivity index (χ0n) is 13.3. The van der Waals surface area contributed by atoms with Crippen LogP contribution in [-0.2, 0) is 0 Å². The fourth-order valence-electron chi connectivity index (χ4n) is 1.42. The van der Waals surface area contributed by atoms with E-state index in [4.69, 9.17) is 14.9 Å². The van der Waals surface area contributed by atoms with Crippen LogP contribution in [0.25, 0.3) is 0 Å². The van der Waals surface area contributed by atoms with E-state index in [1.807, 2.05) is 31.2 Å². The van der Waals surface area contributed by atoms with Crippen molar-refractivity contribution in [1.82, 2.24) is 0 Å². The summed E-state index contributed by atoms with van der Waals surface area (Å²) in [6, 6.07) is 16.4. The van der Waals surface area contributed by atoms with Gasteiger partial charge in [-0.2, -0.15) is 0 Å². The number of ether oxygens (including phenoxy) is 1. The molecule has 2 N–H and O–H groups in total. The first kappa shape index (κ1) is 19.2. The molecule has 0 aromatic heterocycles. The van der Waals surface area contributed by atoms with Crippen LogP contribution < -0.4 is 4.74 Å². The van der Waals surface area contributed by atoms with Crippen molar-refractivity contribution in [2.75, 3.05) is 20.3 Å². The predicted molar refractivity (Wildman–Crippen MR) is 87.8 cm³/mol. The first-order valence-electron chi connectivity index (χ1n) is 6.89. The summed E-state index contributed by atoms with van der Waals surface area (Å²) in [7, 11) is 1.68. The molecule has 0 amide bonds. The second-order valence-corrected chi connectivity index (χ2v) is 4.57. The Kier molecular flexibility index (Phi) is 10.9. The normalized spacial score (nSPS) is 8.86. The third kappa shape index (κ3) is 9.66. The van der Waals surface area contributed by atoms with Crippen molar-refractivity contribution in [1.29, 1.82) is 0 Å². The Morgan fingerprint density at radius 1 is 0.762 bits per heavy atom. The Morgan fingerprint density at radius 2 is 1.19 bits per heavy atom. The van der Waals surface area contributed by atoms with E-state index in [1.54, 1.807) is 7.11 Å². The van der Waals surface area contributed by atoms with Crippen molar-refractivity contribution < 1.29 is 14.9 Å². The van der Waals surface area contributed by atoms with E-state index in [0.29, 0.717) is 0 Å². The van der Waals surface area contributed by atoms with Crippen LogP contribution in [0.5, 0.6) is 5.75 Å². The molecular weight excluding hydrogens is 264 g/mol. The van der Waals surface area contributed by atoms with Crippen LogP contribution in [0.1, 0.15) is 16.7 Å². The van der Waals surface area contributed by atoms with Crippen LogP contribution in [0, 0.1) is 20.8 Å². The first-order chi connectivity index (χ1) is 10.0. The standard InChI is InChI=1S/C8H10O.C8H10.C2H6O2/c1-7-5-3-4-6-8(7)9-2;1-7-3-5-8(2)6-4-7;3-1-2-4/h3-6H,1-2H3;3-6H,1-2H3;3-4H,1-2H2. The van der Waals surface area contributed by atoms with Crippen LogP contribution >= 0.6 is 0 Å². The molecule has 0 spiro atoms. The highest BCUT2D eigenvalue weighted by molar-refractivity contribution is 5.31. The number of aliphatic hydroxyl groups is 2. The largest absolute Gasteiger partial charge is 0.496 e. The van der Waals surface area contributed by atoms with Gasteiger partial charge in [-0.3, -0.25) is 0 Å². The van der Waals surface area contributed by atoms with E-state index < -0.39 is 0 Å². The van der Waals surface area contributed by atoms with Gasteiger partial charge < -0.3 is 14.9 Å². The third-order valence-corrected chi connectivity index (χ3v) is 2.63. The lowest BCUT2D eigenvalue weighted by Gasteiger charge is -2.00. The molecule has 2 rings (SSSR count). The van der Waals surface area contributed by atoms with Crippen LogP contribution in [0.3, 0.4) is 0 Å². The molecule has 0 bridgehead atoms. The zero-order chi connectivity index (χ0) is 16.1. The molecule has 0 aliphatic carbocycles.